The Morgan fingerprint density at radius 2 is 1.36 bits per heavy atom. The van der Waals surface area contributed by atoms with Crippen LogP contribution in [0.3, 0.4) is 0 Å². The van der Waals surface area contributed by atoms with E-state index in [0.717, 1.165) is 34.9 Å². The summed E-state index contributed by atoms with van der Waals surface area (Å²) in [5, 5.41) is 1.11. The van der Waals surface area contributed by atoms with Gasteiger partial charge in [-0.25, -0.2) is 0 Å². The number of nitrogens with zero attached hydrogens (tertiary/aromatic N) is 2. The fourth-order valence-electron chi connectivity index (χ4n) is 4.58. The topological polar surface area (TPSA) is 26.9 Å². The Balaban J connectivity index is 1.60. The first-order valence-electron chi connectivity index (χ1n) is 11.8. The summed E-state index contributed by atoms with van der Waals surface area (Å²) in [5.41, 5.74) is 6.96. The summed E-state index contributed by atoms with van der Waals surface area (Å²) in [6.45, 7) is 13.5. The Morgan fingerprint density at radius 3 is 2.00 bits per heavy atom. The SMILES string of the molecule is Cn1cc(-c2ccc(CC(C)(C)C)cc2)cc1C(=O)n1ccc2cc(CC(C)(C)C)ccc21. The van der Waals surface area contributed by atoms with Gasteiger partial charge in [-0.3, -0.25) is 9.36 Å². The lowest BCUT2D eigenvalue weighted by Crippen LogP contribution is -2.14. The minimum absolute atomic E-state index is 0.00771. The van der Waals surface area contributed by atoms with Crippen molar-refractivity contribution in [2.75, 3.05) is 0 Å². The fraction of sp³-hybridized carbons (Fsp3) is 0.367. The van der Waals surface area contributed by atoms with Gasteiger partial charge in [0.1, 0.15) is 5.69 Å². The number of aromatic nitrogens is 2. The van der Waals surface area contributed by atoms with Gasteiger partial charge in [-0.2, -0.15) is 0 Å². The molecule has 0 unspecified atom stereocenters. The van der Waals surface area contributed by atoms with Crippen molar-refractivity contribution in [3.8, 4) is 11.1 Å². The maximum Gasteiger partial charge on any atom is 0.278 e. The van der Waals surface area contributed by atoms with Crippen LogP contribution in [0.5, 0.6) is 0 Å². The summed E-state index contributed by atoms with van der Waals surface area (Å²) < 4.78 is 3.70. The molecule has 0 radical (unpaired) electrons. The van der Waals surface area contributed by atoms with E-state index in [0.29, 0.717) is 5.69 Å². The Labute approximate surface area is 198 Å². The number of hydrogen-bond acceptors (Lipinski definition) is 1. The van der Waals surface area contributed by atoms with Crippen molar-refractivity contribution in [3.63, 3.8) is 0 Å². The van der Waals surface area contributed by atoms with Gasteiger partial charge in [-0.1, -0.05) is 71.9 Å². The Hall–Kier alpha value is -3.07. The largest absolute Gasteiger partial charge is 0.346 e. The van der Waals surface area contributed by atoms with E-state index in [1.807, 2.05) is 36.1 Å². The highest BCUT2D eigenvalue weighted by molar-refractivity contribution is 6.02. The van der Waals surface area contributed by atoms with Crippen LogP contribution in [0.2, 0.25) is 0 Å². The molecule has 4 aromatic rings. The third-order valence-electron chi connectivity index (χ3n) is 5.95. The molecule has 0 amide bonds. The van der Waals surface area contributed by atoms with E-state index in [2.05, 4.69) is 84.0 Å². The lowest BCUT2D eigenvalue weighted by molar-refractivity contribution is 0.0957. The molecule has 33 heavy (non-hydrogen) atoms. The fourth-order valence-corrected chi connectivity index (χ4v) is 4.58. The molecule has 0 bridgehead atoms. The molecule has 3 nitrogen and oxygen atoms in total. The molecular formula is C30H36N2O. The average molecular weight is 441 g/mol. The minimum Gasteiger partial charge on any atom is -0.346 e. The van der Waals surface area contributed by atoms with E-state index < -0.39 is 0 Å². The molecular weight excluding hydrogens is 404 g/mol. The van der Waals surface area contributed by atoms with Crippen LogP contribution < -0.4 is 0 Å². The number of carbonyl (C=O) groups excluding carboxylic acids is 1. The number of aryl methyl sites for hydroxylation is 1. The normalized spacial score (nSPS) is 12.5. The summed E-state index contributed by atoms with van der Waals surface area (Å²) in [5.74, 6) is -0.00771. The summed E-state index contributed by atoms with van der Waals surface area (Å²) in [7, 11) is 1.94. The molecule has 2 aromatic heterocycles. The smallest absolute Gasteiger partial charge is 0.278 e. The minimum atomic E-state index is -0.00771. The molecule has 0 spiro atoms. The van der Waals surface area contributed by atoms with E-state index >= 15 is 0 Å². The summed E-state index contributed by atoms with van der Waals surface area (Å²) in [6, 6.07) is 19.2. The van der Waals surface area contributed by atoms with Crippen molar-refractivity contribution in [1.82, 2.24) is 9.13 Å². The Morgan fingerprint density at radius 1 is 0.758 bits per heavy atom. The second kappa shape index (κ2) is 8.37. The van der Waals surface area contributed by atoms with E-state index in [4.69, 9.17) is 0 Å². The van der Waals surface area contributed by atoms with Gasteiger partial charge in [-0.05, 0) is 64.6 Å². The molecule has 4 rings (SSSR count). The van der Waals surface area contributed by atoms with Crippen molar-refractivity contribution in [3.05, 3.63) is 83.8 Å². The van der Waals surface area contributed by atoms with E-state index in [1.165, 1.54) is 11.1 Å². The molecule has 2 aromatic carbocycles. The van der Waals surface area contributed by atoms with Crippen LogP contribution in [0, 0.1) is 10.8 Å². The van der Waals surface area contributed by atoms with Crippen molar-refractivity contribution >= 4 is 16.8 Å². The number of rotatable bonds is 4. The van der Waals surface area contributed by atoms with Gasteiger partial charge in [-0.15, -0.1) is 0 Å². The van der Waals surface area contributed by atoms with Crippen molar-refractivity contribution < 1.29 is 4.79 Å². The van der Waals surface area contributed by atoms with Crippen LogP contribution in [-0.4, -0.2) is 15.0 Å². The molecule has 3 heteroatoms. The summed E-state index contributed by atoms with van der Waals surface area (Å²) in [4.78, 5) is 13.5. The van der Waals surface area contributed by atoms with Gasteiger partial charge < -0.3 is 4.57 Å². The van der Waals surface area contributed by atoms with Gasteiger partial charge in [0.2, 0.25) is 0 Å². The second-order valence-corrected chi connectivity index (χ2v) is 11.8. The Kier molecular flexibility index (Phi) is 5.86. The molecule has 0 aliphatic rings. The maximum absolute atomic E-state index is 13.5. The molecule has 2 heterocycles. The second-order valence-electron chi connectivity index (χ2n) is 11.8. The molecule has 0 saturated carbocycles. The number of carbonyl (C=O) groups is 1. The number of hydrogen-bond donors (Lipinski definition) is 0. The highest BCUT2D eigenvalue weighted by Crippen LogP contribution is 2.28. The summed E-state index contributed by atoms with van der Waals surface area (Å²) in [6.07, 6.45) is 5.99. The first-order valence-corrected chi connectivity index (χ1v) is 11.8. The van der Waals surface area contributed by atoms with Crippen LogP contribution in [0.4, 0.5) is 0 Å². The zero-order valence-corrected chi connectivity index (χ0v) is 21.1. The molecule has 0 N–H and O–H groups in total. The first kappa shape index (κ1) is 23.1. The number of fused-ring (bicyclic) bond motifs is 1. The lowest BCUT2D eigenvalue weighted by atomic mass is 9.88. The number of benzene rings is 2. The Bertz CT molecular complexity index is 1290. The van der Waals surface area contributed by atoms with Gasteiger partial charge >= 0.3 is 0 Å². The third-order valence-corrected chi connectivity index (χ3v) is 5.95. The predicted octanol–water partition coefficient (Wildman–Crippen LogP) is 7.51. The quantitative estimate of drug-likeness (QED) is 0.322. The summed E-state index contributed by atoms with van der Waals surface area (Å²) >= 11 is 0. The van der Waals surface area contributed by atoms with Gasteiger partial charge in [0.15, 0.2) is 0 Å². The molecule has 0 fully saturated rings. The van der Waals surface area contributed by atoms with Crippen molar-refractivity contribution in [2.24, 2.45) is 17.9 Å². The van der Waals surface area contributed by atoms with E-state index in [9.17, 15) is 4.79 Å². The molecule has 0 aliphatic heterocycles. The van der Waals surface area contributed by atoms with Crippen LogP contribution in [0.25, 0.3) is 22.0 Å². The predicted molar refractivity (Wildman–Crippen MR) is 139 cm³/mol. The van der Waals surface area contributed by atoms with Crippen LogP contribution >= 0.6 is 0 Å². The molecule has 172 valence electrons. The van der Waals surface area contributed by atoms with Crippen molar-refractivity contribution in [2.45, 2.75) is 54.4 Å². The van der Waals surface area contributed by atoms with Gasteiger partial charge in [0.05, 0.1) is 5.52 Å². The van der Waals surface area contributed by atoms with Crippen molar-refractivity contribution in [1.29, 1.82) is 0 Å². The van der Waals surface area contributed by atoms with E-state index in [-0.39, 0.29) is 16.7 Å². The third kappa shape index (κ3) is 5.30. The van der Waals surface area contributed by atoms with E-state index in [1.54, 1.807) is 4.57 Å². The zero-order valence-electron chi connectivity index (χ0n) is 21.1. The highest BCUT2D eigenvalue weighted by Gasteiger charge is 2.18. The standard InChI is InChI=1S/C30H36N2O/c1-29(2,3)18-21-8-11-23(12-9-21)25-17-27(31(7)20-25)28(33)32-15-14-24-16-22(10-13-26(24)32)19-30(4,5)6/h8-17,20H,18-19H2,1-7H3. The van der Waals surface area contributed by atoms with Gasteiger partial charge in [0, 0.05) is 30.4 Å². The lowest BCUT2D eigenvalue weighted by Gasteiger charge is -2.18. The van der Waals surface area contributed by atoms with Gasteiger partial charge in [0.25, 0.3) is 5.91 Å². The maximum atomic E-state index is 13.5. The van der Waals surface area contributed by atoms with Crippen LogP contribution in [0.15, 0.2) is 67.0 Å². The monoisotopic (exact) mass is 440 g/mol. The molecule has 0 atom stereocenters. The highest BCUT2D eigenvalue weighted by atomic mass is 16.2. The first-order chi connectivity index (χ1) is 15.4. The van der Waals surface area contributed by atoms with Crippen LogP contribution in [-0.2, 0) is 19.9 Å². The van der Waals surface area contributed by atoms with Crippen LogP contribution in [0.1, 0.15) is 63.2 Å². The zero-order chi connectivity index (χ0) is 24.0. The average Bonchev–Trinajstić information content (AvgIpc) is 3.29. The molecule has 0 aliphatic carbocycles. The molecule has 0 saturated heterocycles.